The largest absolute Gasteiger partial charge is 0.493 e. The van der Waals surface area contributed by atoms with Gasteiger partial charge in [-0.05, 0) is 54.1 Å². The van der Waals surface area contributed by atoms with Gasteiger partial charge in [0.15, 0.2) is 11.5 Å². The summed E-state index contributed by atoms with van der Waals surface area (Å²) in [7, 11) is 1.58. The molecule has 1 N–H and O–H groups in total. The maximum absolute atomic E-state index is 6.27. The lowest BCUT2D eigenvalue weighted by Crippen LogP contribution is -1.99. The number of nitrogens with zero attached hydrogens (tertiary/aromatic N) is 2. The van der Waals surface area contributed by atoms with E-state index >= 15 is 0 Å². The van der Waals surface area contributed by atoms with Crippen LogP contribution in [0, 0.1) is 0 Å². The van der Waals surface area contributed by atoms with Gasteiger partial charge in [0.05, 0.1) is 24.0 Å². The van der Waals surface area contributed by atoms with Crippen molar-refractivity contribution in [3.05, 3.63) is 91.2 Å². The van der Waals surface area contributed by atoms with Crippen LogP contribution in [0.5, 0.6) is 11.5 Å². The van der Waals surface area contributed by atoms with Crippen LogP contribution in [0.25, 0.3) is 11.3 Å². The lowest BCUT2D eigenvalue weighted by atomic mass is 10.2. The zero-order chi connectivity index (χ0) is 24.1. The minimum absolute atomic E-state index is 0.283. The number of nitrogens with one attached hydrogen (secondary N) is 1. The number of hydrogen-bond acceptors (Lipinski definition) is 6. The van der Waals surface area contributed by atoms with E-state index in [2.05, 4.69) is 15.5 Å². The average molecular weight is 553 g/mol. The first-order chi connectivity index (χ1) is 16.4. The van der Waals surface area contributed by atoms with Gasteiger partial charge < -0.3 is 9.47 Å². The second-order valence-electron chi connectivity index (χ2n) is 6.97. The molecule has 0 fully saturated rings. The summed E-state index contributed by atoms with van der Waals surface area (Å²) >= 11 is 25.8. The summed E-state index contributed by atoms with van der Waals surface area (Å²) in [5, 5.41) is 9.03. The lowest BCUT2D eigenvalue weighted by molar-refractivity contribution is 0.284. The number of thiazole rings is 1. The van der Waals surface area contributed by atoms with Crippen molar-refractivity contribution in [1.82, 2.24) is 4.98 Å². The molecule has 34 heavy (non-hydrogen) atoms. The Kier molecular flexibility index (Phi) is 8.19. The molecule has 4 rings (SSSR count). The predicted molar refractivity (Wildman–Crippen MR) is 143 cm³/mol. The maximum atomic E-state index is 6.27. The second kappa shape index (κ2) is 11.3. The molecule has 0 amide bonds. The van der Waals surface area contributed by atoms with Crippen LogP contribution in [0.4, 0.5) is 5.13 Å². The van der Waals surface area contributed by atoms with Crippen molar-refractivity contribution in [3.8, 4) is 22.8 Å². The zero-order valence-electron chi connectivity index (χ0n) is 17.7. The highest BCUT2D eigenvalue weighted by atomic mass is 35.5. The van der Waals surface area contributed by atoms with Gasteiger partial charge in [0.1, 0.15) is 6.61 Å². The van der Waals surface area contributed by atoms with Crippen molar-refractivity contribution in [2.24, 2.45) is 5.10 Å². The third-order valence-corrected chi connectivity index (χ3v) is 6.55. The van der Waals surface area contributed by atoms with Crippen LogP contribution in [0.2, 0.25) is 20.1 Å². The molecule has 174 valence electrons. The van der Waals surface area contributed by atoms with E-state index < -0.39 is 0 Å². The van der Waals surface area contributed by atoms with Crippen LogP contribution in [0.1, 0.15) is 11.1 Å². The summed E-state index contributed by atoms with van der Waals surface area (Å²) in [4.78, 5) is 4.52. The monoisotopic (exact) mass is 551 g/mol. The summed E-state index contributed by atoms with van der Waals surface area (Å²) in [6.45, 7) is 0.283. The van der Waals surface area contributed by atoms with E-state index in [1.165, 1.54) is 11.3 Å². The molecule has 0 spiro atoms. The molecule has 0 radical (unpaired) electrons. The van der Waals surface area contributed by atoms with Gasteiger partial charge in [-0.2, -0.15) is 5.10 Å². The molecular weight excluding hydrogens is 536 g/mol. The number of hydrogen-bond donors (Lipinski definition) is 1. The van der Waals surface area contributed by atoms with Gasteiger partial charge in [0.2, 0.25) is 5.13 Å². The Morgan fingerprint density at radius 3 is 2.44 bits per heavy atom. The smallest absolute Gasteiger partial charge is 0.203 e. The topological polar surface area (TPSA) is 55.7 Å². The Hall–Kier alpha value is -2.48. The zero-order valence-corrected chi connectivity index (χ0v) is 21.5. The summed E-state index contributed by atoms with van der Waals surface area (Å²) in [5.74, 6) is 1.16. The molecule has 0 aliphatic carbocycles. The molecule has 3 aromatic carbocycles. The third-order valence-electron chi connectivity index (χ3n) is 4.67. The number of benzene rings is 3. The molecule has 0 saturated heterocycles. The van der Waals surface area contributed by atoms with Crippen molar-refractivity contribution < 1.29 is 9.47 Å². The van der Waals surface area contributed by atoms with E-state index in [0.29, 0.717) is 36.7 Å². The minimum Gasteiger partial charge on any atom is -0.493 e. The van der Waals surface area contributed by atoms with Gasteiger partial charge in [0.25, 0.3) is 0 Å². The Bertz CT molecular complexity index is 1340. The van der Waals surface area contributed by atoms with Crippen LogP contribution in [-0.2, 0) is 6.61 Å². The number of methoxy groups -OCH3 is 1. The van der Waals surface area contributed by atoms with Gasteiger partial charge in [0, 0.05) is 31.6 Å². The van der Waals surface area contributed by atoms with E-state index in [9.17, 15) is 0 Å². The van der Waals surface area contributed by atoms with Crippen LogP contribution in [-0.4, -0.2) is 18.3 Å². The van der Waals surface area contributed by atoms with Gasteiger partial charge in [-0.25, -0.2) is 4.98 Å². The molecule has 0 unspecified atom stereocenters. The SMILES string of the molecule is COc1cc(/C=N/Nc2nc(-c3ccc(Cl)cc3Cl)cs2)ccc1OCc1ccc(Cl)cc1Cl. The fraction of sp³-hybridized carbons (Fsp3) is 0.0833. The predicted octanol–water partition coefficient (Wildman–Crippen LogP) is 8.46. The molecular formula is C24H17Cl4N3O2S. The third kappa shape index (κ3) is 6.14. The van der Waals surface area contributed by atoms with Crippen LogP contribution < -0.4 is 14.9 Å². The van der Waals surface area contributed by atoms with Crippen molar-refractivity contribution in [3.63, 3.8) is 0 Å². The molecule has 1 aromatic heterocycles. The summed E-state index contributed by atoms with van der Waals surface area (Å²) < 4.78 is 11.4. The fourth-order valence-corrected chi connectivity index (χ4v) is 4.61. The van der Waals surface area contributed by atoms with Crippen molar-refractivity contribution in [1.29, 1.82) is 0 Å². The Morgan fingerprint density at radius 1 is 0.941 bits per heavy atom. The summed E-state index contributed by atoms with van der Waals surface area (Å²) in [6, 6.07) is 16.1. The molecule has 10 heteroatoms. The van der Waals surface area contributed by atoms with Crippen molar-refractivity contribution in [2.45, 2.75) is 6.61 Å². The van der Waals surface area contributed by atoms with E-state index in [4.69, 9.17) is 55.9 Å². The van der Waals surface area contributed by atoms with E-state index in [1.54, 1.807) is 37.6 Å². The molecule has 0 bridgehead atoms. The van der Waals surface area contributed by atoms with Gasteiger partial charge in [-0.15, -0.1) is 11.3 Å². The van der Waals surface area contributed by atoms with Crippen molar-refractivity contribution in [2.75, 3.05) is 12.5 Å². The highest BCUT2D eigenvalue weighted by Gasteiger charge is 2.10. The normalized spacial score (nSPS) is 11.1. The van der Waals surface area contributed by atoms with E-state index in [1.807, 2.05) is 35.7 Å². The highest BCUT2D eigenvalue weighted by molar-refractivity contribution is 7.14. The van der Waals surface area contributed by atoms with Crippen LogP contribution in [0.3, 0.4) is 0 Å². The first kappa shape index (κ1) is 24.6. The summed E-state index contributed by atoms with van der Waals surface area (Å²) in [5.41, 5.74) is 6.13. The minimum atomic E-state index is 0.283. The van der Waals surface area contributed by atoms with E-state index in [0.717, 1.165) is 22.4 Å². The molecule has 1 heterocycles. The Morgan fingerprint density at radius 2 is 1.71 bits per heavy atom. The number of anilines is 1. The second-order valence-corrected chi connectivity index (χ2v) is 9.51. The lowest BCUT2D eigenvalue weighted by Gasteiger charge is -2.12. The first-order valence-corrected chi connectivity index (χ1v) is 12.3. The summed E-state index contributed by atoms with van der Waals surface area (Å²) in [6.07, 6.45) is 1.67. The maximum Gasteiger partial charge on any atom is 0.203 e. The molecule has 0 aliphatic rings. The molecule has 0 saturated carbocycles. The standard InChI is InChI=1S/C24H17Cl4N3O2S/c1-32-23-8-14(2-7-22(23)33-12-15-3-4-16(25)9-19(15)27)11-29-31-24-30-21(13-34-24)18-6-5-17(26)10-20(18)28/h2-11,13H,12H2,1H3,(H,30,31)/b29-11+. The quantitative estimate of drug-likeness (QED) is 0.176. The number of aromatic nitrogens is 1. The highest BCUT2D eigenvalue weighted by Crippen LogP contribution is 2.33. The van der Waals surface area contributed by atoms with Crippen molar-refractivity contribution >= 4 is 69.1 Å². The molecule has 0 atom stereocenters. The van der Waals surface area contributed by atoms with Gasteiger partial charge in [-0.3, -0.25) is 5.43 Å². The Balaban J connectivity index is 1.40. The number of rotatable bonds is 8. The van der Waals surface area contributed by atoms with Crippen LogP contribution in [0.15, 0.2) is 65.1 Å². The molecule has 0 aliphatic heterocycles. The van der Waals surface area contributed by atoms with Crippen LogP contribution >= 0.6 is 57.7 Å². The molecule has 4 aromatic rings. The average Bonchev–Trinajstić information content (AvgIpc) is 3.27. The number of hydrazone groups is 1. The van der Waals surface area contributed by atoms with Gasteiger partial charge >= 0.3 is 0 Å². The Labute approximate surface area is 220 Å². The van der Waals surface area contributed by atoms with E-state index in [-0.39, 0.29) is 6.61 Å². The number of halogens is 4. The van der Waals surface area contributed by atoms with Gasteiger partial charge in [-0.1, -0.05) is 52.5 Å². The fourth-order valence-electron chi connectivity index (χ4n) is 2.99. The first-order valence-electron chi connectivity index (χ1n) is 9.87. The number of ether oxygens (including phenoxy) is 2. The molecule has 5 nitrogen and oxygen atoms in total.